The van der Waals surface area contributed by atoms with Crippen molar-refractivity contribution in [2.45, 2.75) is 12.5 Å². The second kappa shape index (κ2) is 5.15. The molecule has 1 amide bonds. The molecule has 0 spiro atoms. The lowest BCUT2D eigenvalue weighted by atomic mass is 10.1. The van der Waals surface area contributed by atoms with Crippen molar-refractivity contribution in [3.63, 3.8) is 0 Å². The third-order valence-corrected chi connectivity index (χ3v) is 3.19. The van der Waals surface area contributed by atoms with E-state index in [0.29, 0.717) is 18.8 Å². The number of halogens is 1. The van der Waals surface area contributed by atoms with E-state index in [1.807, 2.05) is 11.0 Å². The smallest absolute Gasteiger partial charge is 0.245 e. The Bertz CT molecular complexity index is 497. The van der Waals surface area contributed by atoms with Gasteiger partial charge in [0.25, 0.3) is 0 Å². The van der Waals surface area contributed by atoms with Gasteiger partial charge in [0.15, 0.2) is 0 Å². The fourth-order valence-corrected chi connectivity index (χ4v) is 2.13. The lowest BCUT2D eigenvalue weighted by molar-refractivity contribution is -0.125. The van der Waals surface area contributed by atoms with Crippen LogP contribution in [0.1, 0.15) is 6.42 Å². The first kappa shape index (κ1) is 12.5. The van der Waals surface area contributed by atoms with E-state index >= 15 is 0 Å². The van der Waals surface area contributed by atoms with E-state index in [-0.39, 0.29) is 12.3 Å². The van der Waals surface area contributed by atoms with Gasteiger partial charge in [0.2, 0.25) is 5.91 Å². The number of hydrogen-bond acceptors (Lipinski definition) is 3. The van der Waals surface area contributed by atoms with Crippen molar-refractivity contribution in [1.82, 2.24) is 4.90 Å². The van der Waals surface area contributed by atoms with Gasteiger partial charge in [-0.05, 0) is 19.2 Å². The highest BCUT2D eigenvalue weighted by molar-refractivity contribution is 5.98. The van der Waals surface area contributed by atoms with Crippen LogP contribution in [0.15, 0.2) is 24.3 Å². The van der Waals surface area contributed by atoms with Crippen LogP contribution in [0.3, 0.4) is 0 Å². The number of para-hydroxylation sites is 1. The molecule has 0 N–H and O–H groups in total. The minimum Gasteiger partial charge on any atom is -0.307 e. The van der Waals surface area contributed by atoms with E-state index in [2.05, 4.69) is 0 Å². The number of anilines is 1. The van der Waals surface area contributed by atoms with Crippen LogP contribution in [0.5, 0.6) is 0 Å². The van der Waals surface area contributed by atoms with E-state index in [1.54, 1.807) is 25.2 Å². The van der Waals surface area contributed by atoms with E-state index in [0.717, 1.165) is 0 Å². The minimum atomic E-state index is -0.483. The van der Waals surface area contributed by atoms with Gasteiger partial charge >= 0.3 is 0 Å². The predicted molar refractivity (Wildman–Crippen MR) is 65.4 cm³/mol. The molecule has 0 aromatic heterocycles. The third-order valence-electron chi connectivity index (χ3n) is 3.19. The Hall–Kier alpha value is -1.93. The molecule has 1 atom stereocenters. The normalized spacial score (nSPS) is 20.8. The summed E-state index contributed by atoms with van der Waals surface area (Å²) >= 11 is 0. The molecule has 1 aromatic rings. The van der Waals surface area contributed by atoms with Gasteiger partial charge in [0.1, 0.15) is 11.9 Å². The quantitative estimate of drug-likeness (QED) is 0.793. The number of amides is 1. The fraction of sp³-hybridized carbons (Fsp3) is 0.385. The summed E-state index contributed by atoms with van der Waals surface area (Å²) in [5.74, 6) is -0.624. The van der Waals surface area contributed by atoms with E-state index in [4.69, 9.17) is 5.26 Å². The van der Waals surface area contributed by atoms with Crippen molar-refractivity contribution < 1.29 is 9.18 Å². The zero-order valence-corrected chi connectivity index (χ0v) is 10.1. The zero-order chi connectivity index (χ0) is 13.1. The Morgan fingerprint density at radius 3 is 2.83 bits per heavy atom. The SMILES string of the molecule is CN1CCN(c2ccccc2F)C(=O)C1CC#N. The highest BCUT2D eigenvalue weighted by Gasteiger charge is 2.34. The van der Waals surface area contributed by atoms with Gasteiger partial charge < -0.3 is 4.90 Å². The lowest BCUT2D eigenvalue weighted by Crippen LogP contribution is -2.55. The molecule has 1 unspecified atom stereocenters. The molecule has 1 aromatic carbocycles. The van der Waals surface area contributed by atoms with E-state index in [1.165, 1.54) is 11.0 Å². The number of likely N-dealkylation sites (N-methyl/N-ethyl adjacent to an activating group) is 1. The van der Waals surface area contributed by atoms with Crippen LogP contribution < -0.4 is 4.90 Å². The number of nitrogens with zero attached hydrogens (tertiary/aromatic N) is 3. The van der Waals surface area contributed by atoms with Crippen molar-refractivity contribution in [3.8, 4) is 6.07 Å². The van der Waals surface area contributed by atoms with Crippen LogP contribution >= 0.6 is 0 Å². The van der Waals surface area contributed by atoms with E-state index in [9.17, 15) is 9.18 Å². The summed E-state index contributed by atoms with van der Waals surface area (Å²) in [5, 5.41) is 8.74. The Morgan fingerprint density at radius 2 is 2.17 bits per heavy atom. The summed E-state index contributed by atoms with van der Waals surface area (Å²) in [4.78, 5) is 15.5. The highest BCUT2D eigenvalue weighted by atomic mass is 19.1. The van der Waals surface area contributed by atoms with Gasteiger partial charge in [-0.1, -0.05) is 12.1 Å². The molecule has 18 heavy (non-hydrogen) atoms. The number of carbonyl (C=O) groups is 1. The molecule has 1 saturated heterocycles. The number of rotatable bonds is 2. The molecule has 4 nitrogen and oxygen atoms in total. The topological polar surface area (TPSA) is 47.3 Å². The third kappa shape index (κ3) is 2.20. The van der Waals surface area contributed by atoms with Crippen LogP contribution in [0.2, 0.25) is 0 Å². The Kier molecular flexibility index (Phi) is 3.58. The average molecular weight is 247 g/mol. The van der Waals surface area contributed by atoms with Crippen LogP contribution in [-0.2, 0) is 4.79 Å². The molecule has 0 radical (unpaired) electrons. The van der Waals surface area contributed by atoms with Gasteiger partial charge in [-0.2, -0.15) is 5.26 Å². The van der Waals surface area contributed by atoms with Crippen molar-refractivity contribution in [2.75, 3.05) is 25.0 Å². The molecule has 0 saturated carbocycles. The monoisotopic (exact) mass is 247 g/mol. The maximum absolute atomic E-state index is 13.7. The Labute approximate surface area is 105 Å². The molecular formula is C13H14FN3O. The van der Waals surface area contributed by atoms with Crippen molar-refractivity contribution in [1.29, 1.82) is 5.26 Å². The average Bonchev–Trinajstić information content (AvgIpc) is 2.36. The van der Waals surface area contributed by atoms with Gasteiger partial charge in [-0.15, -0.1) is 0 Å². The first-order valence-electron chi connectivity index (χ1n) is 5.78. The van der Waals surface area contributed by atoms with Gasteiger partial charge in [0.05, 0.1) is 18.2 Å². The molecule has 5 heteroatoms. The lowest BCUT2D eigenvalue weighted by Gasteiger charge is -2.37. The van der Waals surface area contributed by atoms with Crippen LogP contribution in [-0.4, -0.2) is 37.0 Å². The molecule has 0 aliphatic carbocycles. The van der Waals surface area contributed by atoms with Gasteiger partial charge in [-0.3, -0.25) is 9.69 Å². The summed E-state index contributed by atoms with van der Waals surface area (Å²) in [7, 11) is 1.80. The molecular weight excluding hydrogens is 233 g/mol. The first-order valence-corrected chi connectivity index (χ1v) is 5.78. The van der Waals surface area contributed by atoms with Gasteiger partial charge in [-0.25, -0.2) is 4.39 Å². The van der Waals surface area contributed by atoms with Crippen molar-refractivity contribution in [2.24, 2.45) is 0 Å². The number of nitriles is 1. The van der Waals surface area contributed by atoms with Crippen molar-refractivity contribution >= 4 is 11.6 Å². The number of benzene rings is 1. The maximum Gasteiger partial charge on any atom is 0.245 e. The Morgan fingerprint density at radius 1 is 1.44 bits per heavy atom. The highest BCUT2D eigenvalue weighted by Crippen LogP contribution is 2.23. The summed E-state index contributed by atoms with van der Waals surface area (Å²) in [6.07, 6.45) is 0.125. The first-order chi connectivity index (χ1) is 8.65. The molecule has 1 heterocycles. The number of hydrogen-bond donors (Lipinski definition) is 0. The molecule has 0 bridgehead atoms. The maximum atomic E-state index is 13.7. The van der Waals surface area contributed by atoms with Crippen molar-refractivity contribution in [3.05, 3.63) is 30.1 Å². The molecule has 94 valence electrons. The summed E-state index contributed by atoms with van der Waals surface area (Å²) < 4.78 is 13.7. The molecule has 2 rings (SSSR count). The number of carbonyl (C=O) groups excluding carboxylic acids is 1. The minimum absolute atomic E-state index is 0.125. The second-order valence-electron chi connectivity index (χ2n) is 4.30. The number of piperazine rings is 1. The second-order valence-corrected chi connectivity index (χ2v) is 4.30. The van der Waals surface area contributed by atoms with Crippen LogP contribution in [0.25, 0.3) is 0 Å². The largest absolute Gasteiger partial charge is 0.307 e. The Balaban J connectivity index is 2.28. The van der Waals surface area contributed by atoms with E-state index < -0.39 is 11.9 Å². The molecule has 1 fully saturated rings. The molecule has 1 aliphatic rings. The van der Waals surface area contributed by atoms with Crippen LogP contribution in [0, 0.1) is 17.1 Å². The predicted octanol–water partition coefficient (Wildman–Crippen LogP) is 1.39. The fourth-order valence-electron chi connectivity index (χ4n) is 2.13. The standard InChI is InChI=1S/C13H14FN3O/c1-16-8-9-17(13(18)12(16)6-7-15)11-5-3-2-4-10(11)14/h2-5,12H,6,8-9H2,1H3. The van der Waals surface area contributed by atoms with Gasteiger partial charge in [0, 0.05) is 13.1 Å². The molecule has 1 aliphatic heterocycles. The zero-order valence-electron chi connectivity index (χ0n) is 10.1. The summed E-state index contributed by atoms with van der Waals surface area (Å²) in [6.45, 7) is 1.07. The summed E-state index contributed by atoms with van der Waals surface area (Å²) in [5.41, 5.74) is 0.290. The van der Waals surface area contributed by atoms with Crippen LogP contribution in [0.4, 0.5) is 10.1 Å². The summed E-state index contributed by atoms with van der Waals surface area (Å²) in [6, 6.07) is 7.72.